The van der Waals surface area contributed by atoms with E-state index in [2.05, 4.69) is 19.9 Å². The number of hydrogen-bond donors (Lipinski definition) is 1. The summed E-state index contributed by atoms with van der Waals surface area (Å²) in [5, 5.41) is 10.7. The summed E-state index contributed by atoms with van der Waals surface area (Å²) in [4.78, 5) is 24.6. The molecule has 2 aromatic rings. The highest BCUT2D eigenvalue weighted by atomic mass is 16.6. The SMILES string of the molecule is Cc1cc([N+](=O)[O-])cnc1N1CC(c2ccnc(N)n2)C1. The molecule has 1 saturated heterocycles. The van der Waals surface area contributed by atoms with Gasteiger partial charge in [0.05, 0.1) is 10.6 Å². The molecule has 0 atom stereocenters. The van der Waals surface area contributed by atoms with Gasteiger partial charge in [0.1, 0.15) is 12.0 Å². The molecular weight excluding hydrogens is 272 g/mol. The van der Waals surface area contributed by atoms with Gasteiger partial charge in [-0.1, -0.05) is 0 Å². The Morgan fingerprint density at radius 1 is 1.43 bits per heavy atom. The lowest BCUT2D eigenvalue weighted by atomic mass is 9.95. The number of nitro groups is 1. The van der Waals surface area contributed by atoms with E-state index < -0.39 is 4.92 Å². The van der Waals surface area contributed by atoms with E-state index >= 15 is 0 Å². The number of nitrogens with two attached hydrogens (primary N) is 1. The van der Waals surface area contributed by atoms with E-state index in [0.717, 1.165) is 30.2 Å². The van der Waals surface area contributed by atoms with Crippen LogP contribution in [0.2, 0.25) is 0 Å². The van der Waals surface area contributed by atoms with E-state index in [-0.39, 0.29) is 17.6 Å². The molecule has 0 amide bonds. The average molecular weight is 286 g/mol. The van der Waals surface area contributed by atoms with Crippen molar-refractivity contribution in [3.63, 3.8) is 0 Å². The van der Waals surface area contributed by atoms with Crippen molar-refractivity contribution in [1.29, 1.82) is 0 Å². The first-order chi connectivity index (χ1) is 10.0. The van der Waals surface area contributed by atoms with Gasteiger partial charge in [0.2, 0.25) is 5.95 Å². The Bertz CT molecular complexity index is 699. The van der Waals surface area contributed by atoms with Crippen molar-refractivity contribution >= 4 is 17.5 Å². The summed E-state index contributed by atoms with van der Waals surface area (Å²) < 4.78 is 0. The quantitative estimate of drug-likeness (QED) is 0.668. The Labute approximate surface area is 120 Å². The molecule has 0 radical (unpaired) electrons. The molecule has 3 heterocycles. The Kier molecular flexibility index (Phi) is 3.13. The van der Waals surface area contributed by atoms with Gasteiger partial charge in [-0.2, -0.15) is 0 Å². The monoisotopic (exact) mass is 286 g/mol. The zero-order valence-electron chi connectivity index (χ0n) is 11.4. The van der Waals surface area contributed by atoms with Crippen LogP contribution in [-0.4, -0.2) is 33.0 Å². The number of anilines is 2. The average Bonchev–Trinajstić information content (AvgIpc) is 2.38. The maximum Gasteiger partial charge on any atom is 0.287 e. The first-order valence-electron chi connectivity index (χ1n) is 6.49. The molecule has 0 spiro atoms. The van der Waals surface area contributed by atoms with Crippen molar-refractivity contribution in [1.82, 2.24) is 15.0 Å². The zero-order valence-corrected chi connectivity index (χ0v) is 11.4. The first-order valence-corrected chi connectivity index (χ1v) is 6.49. The van der Waals surface area contributed by atoms with Crippen LogP contribution in [0.25, 0.3) is 0 Å². The van der Waals surface area contributed by atoms with Crippen LogP contribution in [0.3, 0.4) is 0 Å². The Morgan fingerprint density at radius 2 is 2.19 bits per heavy atom. The highest BCUT2D eigenvalue weighted by Gasteiger charge is 2.31. The summed E-state index contributed by atoms with van der Waals surface area (Å²) in [7, 11) is 0. The van der Waals surface area contributed by atoms with Crippen molar-refractivity contribution in [3.8, 4) is 0 Å². The number of pyridine rings is 1. The van der Waals surface area contributed by atoms with Crippen LogP contribution in [0, 0.1) is 17.0 Å². The lowest BCUT2D eigenvalue weighted by molar-refractivity contribution is -0.385. The zero-order chi connectivity index (χ0) is 15.0. The molecule has 1 aliphatic rings. The Hall–Kier alpha value is -2.77. The molecule has 3 rings (SSSR count). The van der Waals surface area contributed by atoms with Gasteiger partial charge in [-0.3, -0.25) is 10.1 Å². The van der Waals surface area contributed by atoms with Crippen LogP contribution in [0.4, 0.5) is 17.5 Å². The number of nitrogens with zero attached hydrogens (tertiary/aromatic N) is 5. The van der Waals surface area contributed by atoms with E-state index in [1.54, 1.807) is 12.3 Å². The predicted molar refractivity (Wildman–Crippen MR) is 77.0 cm³/mol. The lowest BCUT2D eigenvalue weighted by Gasteiger charge is -2.40. The molecule has 0 aromatic carbocycles. The normalized spacial score (nSPS) is 14.8. The topological polar surface area (TPSA) is 111 Å². The van der Waals surface area contributed by atoms with Gasteiger partial charge in [-0.15, -0.1) is 0 Å². The Balaban J connectivity index is 1.73. The molecule has 0 bridgehead atoms. The summed E-state index contributed by atoms with van der Waals surface area (Å²) in [6.45, 7) is 3.36. The minimum atomic E-state index is -0.438. The van der Waals surface area contributed by atoms with Crippen LogP contribution in [0.15, 0.2) is 24.5 Å². The Morgan fingerprint density at radius 3 is 2.81 bits per heavy atom. The fourth-order valence-corrected chi connectivity index (χ4v) is 2.44. The maximum absolute atomic E-state index is 10.7. The van der Waals surface area contributed by atoms with Crippen molar-refractivity contribution in [3.05, 3.63) is 45.9 Å². The second kappa shape index (κ2) is 4.97. The molecule has 8 heteroatoms. The van der Waals surface area contributed by atoms with Gasteiger partial charge in [-0.25, -0.2) is 15.0 Å². The number of nitrogen functional groups attached to an aromatic ring is 1. The number of aromatic nitrogens is 3. The van der Waals surface area contributed by atoms with Crippen molar-refractivity contribution in [2.24, 2.45) is 0 Å². The summed E-state index contributed by atoms with van der Waals surface area (Å²) >= 11 is 0. The molecule has 0 saturated carbocycles. The molecule has 108 valence electrons. The molecule has 2 aromatic heterocycles. The minimum Gasteiger partial charge on any atom is -0.368 e. The van der Waals surface area contributed by atoms with E-state index in [1.165, 1.54) is 6.20 Å². The number of rotatable bonds is 3. The summed E-state index contributed by atoms with van der Waals surface area (Å²) in [6, 6.07) is 3.40. The summed E-state index contributed by atoms with van der Waals surface area (Å²) in [5.41, 5.74) is 7.30. The largest absolute Gasteiger partial charge is 0.368 e. The van der Waals surface area contributed by atoms with Gasteiger partial charge in [0, 0.05) is 31.3 Å². The third-order valence-corrected chi connectivity index (χ3v) is 3.54. The van der Waals surface area contributed by atoms with Crippen molar-refractivity contribution in [2.75, 3.05) is 23.7 Å². The van der Waals surface area contributed by atoms with Crippen LogP contribution >= 0.6 is 0 Å². The first kappa shape index (κ1) is 13.2. The second-order valence-electron chi connectivity index (χ2n) is 5.03. The smallest absolute Gasteiger partial charge is 0.287 e. The van der Waals surface area contributed by atoms with Gasteiger partial charge < -0.3 is 10.6 Å². The van der Waals surface area contributed by atoms with Gasteiger partial charge in [0.15, 0.2) is 0 Å². The van der Waals surface area contributed by atoms with E-state index in [0.29, 0.717) is 0 Å². The van der Waals surface area contributed by atoms with Crippen LogP contribution in [0.1, 0.15) is 17.2 Å². The molecule has 1 fully saturated rings. The number of hydrogen-bond acceptors (Lipinski definition) is 7. The van der Waals surface area contributed by atoms with E-state index in [9.17, 15) is 10.1 Å². The molecule has 0 unspecified atom stereocenters. The minimum absolute atomic E-state index is 0.0110. The van der Waals surface area contributed by atoms with Crippen LogP contribution in [-0.2, 0) is 0 Å². The molecule has 21 heavy (non-hydrogen) atoms. The second-order valence-corrected chi connectivity index (χ2v) is 5.03. The maximum atomic E-state index is 10.7. The van der Waals surface area contributed by atoms with Gasteiger partial charge in [0.25, 0.3) is 5.69 Å². The number of aryl methyl sites for hydroxylation is 1. The fraction of sp³-hybridized carbons (Fsp3) is 0.308. The van der Waals surface area contributed by atoms with E-state index in [4.69, 9.17) is 5.73 Å². The predicted octanol–water partition coefficient (Wildman–Crippen LogP) is 1.27. The standard InChI is InChI=1S/C13H14N6O2/c1-8-4-10(19(20)21)5-16-12(8)18-6-9(7-18)11-2-3-15-13(14)17-11/h2-5,9H,6-7H2,1H3,(H2,14,15,17). The molecule has 2 N–H and O–H groups in total. The third kappa shape index (κ3) is 2.47. The molecule has 1 aliphatic heterocycles. The lowest BCUT2D eigenvalue weighted by Crippen LogP contribution is -2.46. The fourth-order valence-electron chi connectivity index (χ4n) is 2.44. The molecule has 8 nitrogen and oxygen atoms in total. The summed E-state index contributed by atoms with van der Waals surface area (Å²) in [5.74, 6) is 1.33. The highest BCUT2D eigenvalue weighted by Crippen LogP contribution is 2.32. The molecule has 0 aliphatic carbocycles. The van der Waals surface area contributed by atoms with Crippen molar-refractivity contribution in [2.45, 2.75) is 12.8 Å². The highest BCUT2D eigenvalue weighted by molar-refractivity contribution is 5.53. The van der Waals surface area contributed by atoms with Crippen molar-refractivity contribution < 1.29 is 4.92 Å². The van der Waals surface area contributed by atoms with Gasteiger partial charge >= 0.3 is 0 Å². The van der Waals surface area contributed by atoms with Crippen LogP contribution < -0.4 is 10.6 Å². The summed E-state index contributed by atoms with van der Waals surface area (Å²) in [6.07, 6.45) is 2.94. The molecular formula is C13H14N6O2. The van der Waals surface area contributed by atoms with Crippen LogP contribution in [0.5, 0.6) is 0 Å². The van der Waals surface area contributed by atoms with E-state index in [1.807, 2.05) is 13.0 Å². The third-order valence-electron chi connectivity index (χ3n) is 3.54. The van der Waals surface area contributed by atoms with Gasteiger partial charge in [-0.05, 0) is 18.6 Å².